The van der Waals surface area contributed by atoms with Crippen LogP contribution in [0.4, 0.5) is 0 Å². The monoisotopic (exact) mass is 341 g/mol. The summed E-state index contributed by atoms with van der Waals surface area (Å²) in [5.41, 5.74) is 3.99. The molecule has 4 rings (SSSR count). The van der Waals surface area contributed by atoms with Gasteiger partial charge < -0.3 is 9.30 Å². The Morgan fingerprint density at radius 3 is 2.27 bits per heavy atom. The van der Waals surface area contributed by atoms with Gasteiger partial charge in [0.15, 0.2) is 0 Å². The van der Waals surface area contributed by atoms with E-state index in [2.05, 4.69) is 6.07 Å². The first-order chi connectivity index (χ1) is 12.8. The van der Waals surface area contributed by atoms with Gasteiger partial charge in [0.25, 0.3) is 5.56 Å². The molecule has 1 aromatic heterocycles. The van der Waals surface area contributed by atoms with Gasteiger partial charge in [-0.2, -0.15) is 0 Å². The molecule has 0 fully saturated rings. The Bertz CT molecular complexity index is 1100. The predicted octanol–water partition coefficient (Wildman–Crippen LogP) is 4.73. The highest BCUT2D eigenvalue weighted by Gasteiger charge is 2.10. The van der Waals surface area contributed by atoms with Crippen LogP contribution in [0.2, 0.25) is 0 Å². The Balaban J connectivity index is 1.89. The van der Waals surface area contributed by atoms with E-state index >= 15 is 0 Å². The molecular formula is C23H19NO2. The molecule has 0 bridgehead atoms. The van der Waals surface area contributed by atoms with Crippen LogP contribution in [-0.2, 0) is 6.54 Å². The van der Waals surface area contributed by atoms with Crippen molar-refractivity contribution in [2.24, 2.45) is 0 Å². The van der Waals surface area contributed by atoms with Gasteiger partial charge in [0.1, 0.15) is 5.75 Å². The van der Waals surface area contributed by atoms with Gasteiger partial charge in [0.2, 0.25) is 0 Å². The van der Waals surface area contributed by atoms with Crippen LogP contribution in [0.3, 0.4) is 0 Å². The summed E-state index contributed by atoms with van der Waals surface area (Å²) < 4.78 is 7.07. The summed E-state index contributed by atoms with van der Waals surface area (Å²) >= 11 is 0. The third kappa shape index (κ3) is 3.00. The standard InChI is InChI=1S/C23H19NO2/c1-26-19-13-11-18(12-14-19)21-15-23(25)24(16-17-7-3-2-4-8-17)22-10-6-5-9-20(21)22/h2-15H,16H2,1H3. The summed E-state index contributed by atoms with van der Waals surface area (Å²) in [4.78, 5) is 12.9. The van der Waals surface area contributed by atoms with Gasteiger partial charge in [0.05, 0.1) is 19.2 Å². The zero-order chi connectivity index (χ0) is 17.9. The van der Waals surface area contributed by atoms with Crippen molar-refractivity contribution < 1.29 is 4.74 Å². The molecule has 0 N–H and O–H groups in total. The van der Waals surface area contributed by atoms with E-state index in [4.69, 9.17) is 4.74 Å². The Labute approximate surface area is 152 Å². The van der Waals surface area contributed by atoms with Crippen molar-refractivity contribution in [3.05, 3.63) is 101 Å². The maximum Gasteiger partial charge on any atom is 0.251 e. The largest absolute Gasteiger partial charge is 0.497 e. The number of methoxy groups -OCH3 is 1. The quantitative estimate of drug-likeness (QED) is 0.537. The summed E-state index contributed by atoms with van der Waals surface area (Å²) in [5.74, 6) is 0.801. The van der Waals surface area contributed by atoms with Crippen molar-refractivity contribution in [2.75, 3.05) is 7.11 Å². The number of rotatable bonds is 4. The van der Waals surface area contributed by atoms with Crippen molar-refractivity contribution in [1.82, 2.24) is 4.57 Å². The van der Waals surface area contributed by atoms with E-state index in [1.165, 1.54) is 0 Å². The van der Waals surface area contributed by atoms with Gasteiger partial charge in [-0.05, 0) is 34.9 Å². The fourth-order valence-electron chi connectivity index (χ4n) is 3.27. The Hall–Kier alpha value is -3.33. The van der Waals surface area contributed by atoms with Gasteiger partial charge in [0, 0.05) is 11.5 Å². The van der Waals surface area contributed by atoms with Crippen LogP contribution in [0.15, 0.2) is 89.7 Å². The van der Waals surface area contributed by atoms with Crippen molar-refractivity contribution in [2.45, 2.75) is 6.54 Å². The number of hydrogen-bond acceptors (Lipinski definition) is 2. The molecule has 26 heavy (non-hydrogen) atoms. The third-order valence-electron chi connectivity index (χ3n) is 4.60. The minimum atomic E-state index is -0.00151. The number of hydrogen-bond donors (Lipinski definition) is 0. The van der Waals surface area contributed by atoms with Crippen LogP contribution in [0.5, 0.6) is 5.75 Å². The molecule has 0 radical (unpaired) electrons. The summed E-state index contributed by atoms with van der Waals surface area (Å²) in [7, 11) is 1.65. The molecular weight excluding hydrogens is 322 g/mol. The molecule has 128 valence electrons. The van der Waals surface area contributed by atoms with Crippen LogP contribution >= 0.6 is 0 Å². The molecule has 3 nitrogen and oxygen atoms in total. The highest BCUT2D eigenvalue weighted by atomic mass is 16.5. The fourth-order valence-corrected chi connectivity index (χ4v) is 3.27. The molecule has 0 aliphatic carbocycles. The van der Waals surface area contributed by atoms with E-state index < -0.39 is 0 Å². The number of pyridine rings is 1. The van der Waals surface area contributed by atoms with Gasteiger partial charge in [-0.25, -0.2) is 0 Å². The summed E-state index contributed by atoms with van der Waals surface area (Å²) in [6, 6.07) is 27.6. The Morgan fingerprint density at radius 2 is 1.54 bits per heavy atom. The molecule has 0 atom stereocenters. The molecule has 0 amide bonds. The third-order valence-corrected chi connectivity index (χ3v) is 4.60. The van der Waals surface area contributed by atoms with Crippen molar-refractivity contribution in [3.63, 3.8) is 0 Å². The van der Waals surface area contributed by atoms with Crippen LogP contribution in [-0.4, -0.2) is 11.7 Å². The van der Waals surface area contributed by atoms with Crippen LogP contribution < -0.4 is 10.3 Å². The van der Waals surface area contributed by atoms with E-state index in [9.17, 15) is 4.79 Å². The molecule has 3 heteroatoms. The molecule has 1 heterocycles. The number of ether oxygens (including phenoxy) is 1. The lowest BCUT2D eigenvalue weighted by Gasteiger charge is -2.14. The number of fused-ring (bicyclic) bond motifs is 1. The molecule has 0 unspecified atom stereocenters. The van der Waals surface area contributed by atoms with E-state index in [1.807, 2.05) is 77.4 Å². The fraction of sp³-hybridized carbons (Fsp3) is 0.0870. The normalized spacial score (nSPS) is 10.8. The van der Waals surface area contributed by atoms with Gasteiger partial charge in [-0.1, -0.05) is 60.7 Å². The minimum Gasteiger partial charge on any atom is -0.497 e. The number of para-hydroxylation sites is 1. The maximum atomic E-state index is 12.9. The molecule has 4 aromatic rings. The summed E-state index contributed by atoms with van der Waals surface area (Å²) in [5, 5.41) is 1.06. The number of nitrogens with zero attached hydrogens (tertiary/aromatic N) is 1. The summed E-state index contributed by atoms with van der Waals surface area (Å²) in [6.45, 7) is 0.559. The average molecular weight is 341 g/mol. The van der Waals surface area contributed by atoms with Crippen LogP contribution in [0.25, 0.3) is 22.0 Å². The second kappa shape index (κ2) is 6.89. The highest BCUT2D eigenvalue weighted by Crippen LogP contribution is 2.28. The Morgan fingerprint density at radius 1 is 0.846 bits per heavy atom. The molecule has 0 aliphatic rings. The predicted molar refractivity (Wildman–Crippen MR) is 106 cm³/mol. The number of benzene rings is 3. The van der Waals surface area contributed by atoms with E-state index in [1.54, 1.807) is 13.2 Å². The zero-order valence-electron chi connectivity index (χ0n) is 14.6. The topological polar surface area (TPSA) is 31.2 Å². The van der Waals surface area contributed by atoms with Crippen molar-refractivity contribution >= 4 is 10.9 Å². The van der Waals surface area contributed by atoms with Gasteiger partial charge in [-0.15, -0.1) is 0 Å². The SMILES string of the molecule is COc1ccc(-c2cc(=O)n(Cc3ccccc3)c3ccccc23)cc1. The van der Waals surface area contributed by atoms with Crippen LogP contribution in [0.1, 0.15) is 5.56 Å². The van der Waals surface area contributed by atoms with E-state index in [0.717, 1.165) is 33.3 Å². The Kier molecular flexibility index (Phi) is 4.28. The number of aromatic nitrogens is 1. The maximum absolute atomic E-state index is 12.9. The highest BCUT2D eigenvalue weighted by molar-refractivity contribution is 5.94. The second-order valence-electron chi connectivity index (χ2n) is 6.21. The molecule has 0 spiro atoms. The lowest BCUT2D eigenvalue weighted by atomic mass is 10.0. The smallest absolute Gasteiger partial charge is 0.251 e. The lowest BCUT2D eigenvalue weighted by Crippen LogP contribution is -2.20. The first kappa shape index (κ1) is 16.2. The van der Waals surface area contributed by atoms with Gasteiger partial charge >= 0.3 is 0 Å². The molecule has 0 saturated heterocycles. The second-order valence-corrected chi connectivity index (χ2v) is 6.21. The summed E-state index contributed by atoms with van der Waals surface area (Å²) in [6.07, 6.45) is 0. The van der Waals surface area contributed by atoms with E-state index in [0.29, 0.717) is 6.54 Å². The molecule has 3 aromatic carbocycles. The lowest BCUT2D eigenvalue weighted by molar-refractivity contribution is 0.415. The molecule has 0 saturated carbocycles. The van der Waals surface area contributed by atoms with Crippen molar-refractivity contribution in [3.8, 4) is 16.9 Å². The first-order valence-corrected chi connectivity index (χ1v) is 8.57. The van der Waals surface area contributed by atoms with E-state index in [-0.39, 0.29) is 5.56 Å². The molecule has 0 aliphatic heterocycles. The minimum absolute atomic E-state index is 0.00151. The van der Waals surface area contributed by atoms with Crippen molar-refractivity contribution in [1.29, 1.82) is 0 Å². The van der Waals surface area contributed by atoms with Crippen LogP contribution in [0, 0.1) is 0 Å². The average Bonchev–Trinajstić information content (AvgIpc) is 2.71. The first-order valence-electron chi connectivity index (χ1n) is 8.57. The zero-order valence-corrected chi connectivity index (χ0v) is 14.6. The van der Waals surface area contributed by atoms with Gasteiger partial charge in [-0.3, -0.25) is 4.79 Å².